The highest BCUT2D eigenvalue weighted by molar-refractivity contribution is 6.07. The molecule has 4 nitrogen and oxygen atoms in total. The first kappa shape index (κ1) is 14.8. The lowest BCUT2D eigenvalue weighted by Crippen LogP contribution is -2.01. The average Bonchev–Trinajstić information content (AvgIpc) is 2.95. The highest BCUT2D eigenvalue weighted by atomic mass is 16.3. The first-order chi connectivity index (χ1) is 11.1. The van der Waals surface area contributed by atoms with Crippen molar-refractivity contribution in [2.75, 3.05) is 0 Å². The normalized spacial score (nSPS) is 11.0. The maximum atomic E-state index is 12.4. The number of aromatic hydroxyl groups is 1. The third-order valence-corrected chi connectivity index (χ3v) is 3.57. The molecule has 0 aliphatic carbocycles. The summed E-state index contributed by atoms with van der Waals surface area (Å²) in [5, 5.41) is 13.7. The fraction of sp³-hybridized carbons (Fsp3) is 0.0526. The first-order valence-corrected chi connectivity index (χ1v) is 7.26. The molecule has 0 saturated heterocycles. The summed E-state index contributed by atoms with van der Waals surface area (Å²) in [6.07, 6.45) is 4.76. The Hall–Kier alpha value is -3.14. The zero-order valence-electron chi connectivity index (χ0n) is 12.7. The summed E-state index contributed by atoms with van der Waals surface area (Å²) in [4.78, 5) is 12.4. The van der Waals surface area contributed by atoms with E-state index in [2.05, 4.69) is 5.10 Å². The van der Waals surface area contributed by atoms with Crippen LogP contribution in [0.2, 0.25) is 0 Å². The van der Waals surface area contributed by atoms with E-state index >= 15 is 0 Å². The Morgan fingerprint density at radius 1 is 1.13 bits per heavy atom. The van der Waals surface area contributed by atoms with Gasteiger partial charge in [-0.1, -0.05) is 36.4 Å². The number of phenols is 1. The zero-order valence-corrected chi connectivity index (χ0v) is 12.7. The van der Waals surface area contributed by atoms with Gasteiger partial charge in [0.2, 0.25) is 0 Å². The minimum absolute atomic E-state index is 0.118. The van der Waals surface area contributed by atoms with E-state index in [1.54, 1.807) is 35.2 Å². The number of aromatic nitrogens is 2. The zero-order chi connectivity index (χ0) is 16.2. The van der Waals surface area contributed by atoms with Crippen LogP contribution in [-0.2, 0) is 0 Å². The Morgan fingerprint density at radius 2 is 1.91 bits per heavy atom. The van der Waals surface area contributed by atoms with Crippen LogP contribution in [0.25, 0.3) is 11.8 Å². The van der Waals surface area contributed by atoms with E-state index in [-0.39, 0.29) is 11.5 Å². The van der Waals surface area contributed by atoms with Gasteiger partial charge in [0.1, 0.15) is 5.75 Å². The van der Waals surface area contributed by atoms with Crippen molar-refractivity contribution in [1.29, 1.82) is 0 Å². The van der Waals surface area contributed by atoms with Gasteiger partial charge in [0.25, 0.3) is 0 Å². The number of phenolic OH excluding ortho intramolecular Hbond substituents is 1. The molecule has 1 heterocycles. The quantitative estimate of drug-likeness (QED) is 0.589. The molecule has 3 rings (SSSR count). The monoisotopic (exact) mass is 304 g/mol. The fourth-order valence-corrected chi connectivity index (χ4v) is 2.37. The van der Waals surface area contributed by atoms with E-state index in [0.29, 0.717) is 5.56 Å². The number of benzene rings is 2. The van der Waals surface area contributed by atoms with E-state index in [0.717, 1.165) is 16.9 Å². The van der Waals surface area contributed by atoms with Gasteiger partial charge >= 0.3 is 0 Å². The first-order valence-electron chi connectivity index (χ1n) is 7.26. The minimum atomic E-state index is -0.118. The lowest BCUT2D eigenvalue weighted by molar-refractivity contribution is 0.104. The molecule has 0 amide bonds. The Kier molecular flexibility index (Phi) is 4.06. The molecule has 4 heteroatoms. The highest BCUT2D eigenvalue weighted by Gasteiger charge is 2.12. The molecule has 0 saturated carbocycles. The van der Waals surface area contributed by atoms with E-state index in [1.165, 1.54) is 6.08 Å². The molecule has 1 N–H and O–H groups in total. The number of allylic oxidation sites excluding steroid dienone is 1. The summed E-state index contributed by atoms with van der Waals surface area (Å²) in [5.41, 5.74) is 3.04. The molecule has 0 atom stereocenters. The van der Waals surface area contributed by atoms with Crippen LogP contribution >= 0.6 is 0 Å². The minimum Gasteiger partial charge on any atom is -0.508 e. The predicted molar refractivity (Wildman–Crippen MR) is 89.8 cm³/mol. The predicted octanol–water partition coefficient (Wildman–Crippen LogP) is 3.78. The highest BCUT2D eigenvalue weighted by Crippen LogP contribution is 2.16. The number of para-hydroxylation sites is 1. The van der Waals surface area contributed by atoms with Crippen LogP contribution in [0.4, 0.5) is 0 Å². The van der Waals surface area contributed by atoms with Crippen LogP contribution in [-0.4, -0.2) is 20.7 Å². The van der Waals surface area contributed by atoms with Gasteiger partial charge in [0.15, 0.2) is 5.78 Å². The van der Waals surface area contributed by atoms with Crippen LogP contribution in [0.5, 0.6) is 5.75 Å². The third kappa shape index (κ3) is 3.21. The van der Waals surface area contributed by atoms with Crippen molar-refractivity contribution in [2.45, 2.75) is 6.92 Å². The van der Waals surface area contributed by atoms with Gasteiger partial charge in [0, 0.05) is 0 Å². The summed E-state index contributed by atoms with van der Waals surface area (Å²) >= 11 is 0. The van der Waals surface area contributed by atoms with E-state index in [9.17, 15) is 9.90 Å². The Morgan fingerprint density at radius 3 is 2.65 bits per heavy atom. The van der Waals surface area contributed by atoms with Gasteiger partial charge in [-0.3, -0.25) is 4.79 Å². The van der Waals surface area contributed by atoms with Crippen LogP contribution in [0.15, 0.2) is 66.9 Å². The van der Waals surface area contributed by atoms with Crippen LogP contribution in [0.3, 0.4) is 0 Å². The molecule has 0 radical (unpaired) electrons. The van der Waals surface area contributed by atoms with E-state index < -0.39 is 0 Å². The standard InChI is InChI=1S/C19H16N2O2/c1-14-18(13-20-21(14)16-7-3-2-4-8-16)19(23)11-10-15-6-5-9-17(22)12-15/h2-13,22H,1H3/b11-10+. The van der Waals surface area contributed by atoms with Gasteiger partial charge in [-0.25, -0.2) is 4.68 Å². The number of nitrogens with zero attached hydrogens (tertiary/aromatic N) is 2. The molecule has 0 aliphatic heterocycles. The van der Waals surface area contributed by atoms with Crippen molar-refractivity contribution < 1.29 is 9.90 Å². The summed E-state index contributed by atoms with van der Waals surface area (Å²) in [6, 6.07) is 16.4. The van der Waals surface area contributed by atoms with Crippen LogP contribution in [0, 0.1) is 6.92 Å². The number of carbonyl (C=O) groups is 1. The molecule has 0 fully saturated rings. The van der Waals surface area contributed by atoms with Crippen molar-refractivity contribution in [2.24, 2.45) is 0 Å². The van der Waals surface area contributed by atoms with E-state index in [1.807, 2.05) is 43.3 Å². The van der Waals surface area contributed by atoms with Gasteiger partial charge in [-0.05, 0) is 42.8 Å². The summed E-state index contributed by atoms with van der Waals surface area (Å²) in [6.45, 7) is 1.87. The molecule has 23 heavy (non-hydrogen) atoms. The summed E-state index contributed by atoms with van der Waals surface area (Å²) in [5.74, 6) is 0.0562. The number of hydrogen-bond donors (Lipinski definition) is 1. The van der Waals surface area contributed by atoms with E-state index in [4.69, 9.17) is 0 Å². The number of carbonyl (C=O) groups excluding carboxylic acids is 1. The van der Waals surface area contributed by atoms with Gasteiger partial charge in [-0.2, -0.15) is 5.10 Å². The average molecular weight is 304 g/mol. The maximum Gasteiger partial charge on any atom is 0.189 e. The third-order valence-electron chi connectivity index (χ3n) is 3.57. The lowest BCUT2D eigenvalue weighted by atomic mass is 10.1. The largest absolute Gasteiger partial charge is 0.508 e. The van der Waals surface area contributed by atoms with Gasteiger partial charge < -0.3 is 5.11 Å². The number of rotatable bonds is 4. The molecular formula is C19H16N2O2. The molecular weight excluding hydrogens is 288 g/mol. The number of ketones is 1. The molecule has 1 aromatic heterocycles. The summed E-state index contributed by atoms with van der Waals surface area (Å²) < 4.78 is 1.75. The van der Waals surface area contributed by atoms with Crippen molar-refractivity contribution in [3.63, 3.8) is 0 Å². The molecule has 0 aliphatic rings. The Balaban J connectivity index is 1.85. The SMILES string of the molecule is Cc1c(C(=O)/C=C/c2cccc(O)c2)cnn1-c1ccccc1. The molecule has 0 bridgehead atoms. The second kappa shape index (κ2) is 6.32. The van der Waals surface area contributed by atoms with Crippen molar-refractivity contribution in [1.82, 2.24) is 9.78 Å². The Labute approximate surface area is 134 Å². The van der Waals surface area contributed by atoms with Crippen LogP contribution in [0.1, 0.15) is 21.6 Å². The lowest BCUT2D eigenvalue weighted by Gasteiger charge is -2.04. The van der Waals surface area contributed by atoms with Gasteiger partial charge in [0.05, 0.1) is 23.1 Å². The van der Waals surface area contributed by atoms with Crippen molar-refractivity contribution >= 4 is 11.9 Å². The Bertz CT molecular complexity index is 864. The van der Waals surface area contributed by atoms with Crippen molar-refractivity contribution in [3.05, 3.63) is 83.7 Å². The van der Waals surface area contributed by atoms with Gasteiger partial charge in [-0.15, -0.1) is 0 Å². The fourth-order valence-electron chi connectivity index (χ4n) is 2.37. The molecule has 114 valence electrons. The molecule has 2 aromatic carbocycles. The van der Waals surface area contributed by atoms with Crippen molar-refractivity contribution in [3.8, 4) is 11.4 Å². The number of hydrogen-bond acceptors (Lipinski definition) is 3. The molecule has 0 unspecified atom stereocenters. The second-order valence-corrected chi connectivity index (χ2v) is 5.18. The maximum absolute atomic E-state index is 12.4. The summed E-state index contributed by atoms with van der Waals surface area (Å²) in [7, 11) is 0. The smallest absolute Gasteiger partial charge is 0.189 e. The van der Waals surface area contributed by atoms with Crippen LogP contribution < -0.4 is 0 Å². The molecule has 0 spiro atoms. The topological polar surface area (TPSA) is 55.1 Å². The molecule has 3 aromatic rings. The second-order valence-electron chi connectivity index (χ2n) is 5.18.